The zero-order valence-corrected chi connectivity index (χ0v) is 6.45. The first kappa shape index (κ1) is 8.64. The Morgan fingerprint density at radius 3 is 2.73 bits per heavy atom. The summed E-state index contributed by atoms with van der Waals surface area (Å²) in [5.74, 6) is -0.000417. The maximum Gasteiger partial charge on any atom is 0.181 e. The number of carbonyl (C=O) groups excluding carboxylic acids is 1. The molecule has 0 amide bonds. The molecule has 1 fully saturated rings. The quantitative estimate of drug-likeness (QED) is 0.602. The Kier molecular flexibility index (Phi) is 2.99. The summed E-state index contributed by atoms with van der Waals surface area (Å²) in [5, 5.41) is 9.12. The third-order valence-corrected chi connectivity index (χ3v) is 1.51. The summed E-state index contributed by atoms with van der Waals surface area (Å²) in [6.45, 7) is 2.31. The van der Waals surface area contributed by atoms with Crippen molar-refractivity contribution in [3.63, 3.8) is 0 Å². The molecule has 0 bridgehead atoms. The monoisotopic (exact) mass is 160 g/mol. The van der Waals surface area contributed by atoms with Crippen molar-refractivity contribution < 1.29 is 19.4 Å². The van der Waals surface area contributed by atoms with Gasteiger partial charge in [-0.3, -0.25) is 4.79 Å². The number of hydrogen-bond acceptors (Lipinski definition) is 4. The lowest BCUT2D eigenvalue weighted by molar-refractivity contribution is -0.226. The molecule has 0 unspecified atom stereocenters. The van der Waals surface area contributed by atoms with Crippen LogP contribution in [-0.2, 0) is 14.3 Å². The van der Waals surface area contributed by atoms with E-state index in [4.69, 9.17) is 14.6 Å². The molecule has 0 aromatic heterocycles. The molecule has 2 atom stereocenters. The summed E-state index contributed by atoms with van der Waals surface area (Å²) in [6.07, 6.45) is -1.19. The Morgan fingerprint density at radius 2 is 2.18 bits per heavy atom. The fourth-order valence-electron chi connectivity index (χ4n) is 1.00. The summed E-state index contributed by atoms with van der Waals surface area (Å²) < 4.78 is 9.97. The molecule has 64 valence electrons. The van der Waals surface area contributed by atoms with Crippen molar-refractivity contribution in [2.45, 2.75) is 25.7 Å². The van der Waals surface area contributed by atoms with Crippen LogP contribution in [0.3, 0.4) is 0 Å². The van der Waals surface area contributed by atoms with Crippen LogP contribution < -0.4 is 0 Å². The number of ether oxygens (including phenoxy) is 2. The van der Waals surface area contributed by atoms with Crippen molar-refractivity contribution in [3.8, 4) is 0 Å². The normalized spacial score (nSPS) is 31.8. The van der Waals surface area contributed by atoms with Crippen LogP contribution in [0.4, 0.5) is 0 Å². The van der Waals surface area contributed by atoms with Gasteiger partial charge in [0, 0.05) is 6.42 Å². The minimum absolute atomic E-state index is 0.000417. The van der Waals surface area contributed by atoms with Crippen LogP contribution in [0.25, 0.3) is 0 Å². The zero-order valence-electron chi connectivity index (χ0n) is 6.45. The van der Waals surface area contributed by atoms with Gasteiger partial charge in [0.2, 0.25) is 0 Å². The summed E-state index contributed by atoms with van der Waals surface area (Å²) in [6, 6.07) is 0. The van der Waals surface area contributed by atoms with Gasteiger partial charge in [0.05, 0.1) is 13.2 Å². The summed E-state index contributed by atoms with van der Waals surface area (Å²) >= 11 is 0. The molecule has 11 heavy (non-hydrogen) atoms. The molecule has 1 N–H and O–H groups in total. The lowest BCUT2D eigenvalue weighted by Crippen LogP contribution is -2.39. The van der Waals surface area contributed by atoms with E-state index in [9.17, 15) is 4.79 Å². The van der Waals surface area contributed by atoms with E-state index in [2.05, 4.69) is 0 Å². The minimum atomic E-state index is -0.937. The first-order valence-corrected chi connectivity index (χ1v) is 3.61. The van der Waals surface area contributed by atoms with Gasteiger partial charge in [-0.25, -0.2) is 0 Å². The molecule has 4 nitrogen and oxygen atoms in total. The van der Waals surface area contributed by atoms with E-state index in [1.807, 2.05) is 0 Å². The fraction of sp³-hybridized carbons (Fsp3) is 0.857. The predicted molar refractivity (Wildman–Crippen MR) is 37.0 cm³/mol. The van der Waals surface area contributed by atoms with Gasteiger partial charge in [0.1, 0.15) is 11.9 Å². The van der Waals surface area contributed by atoms with Gasteiger partial charge in [-0.05, 0) is 6.92 Å². The van der Waals surface area contributed by atoms with Gasteiger partial charge in [-0.1, -0.05) is 0 Å². The Bertz CT molecular complexity index is 145. The molecule has 1 rings (SSSR count). The number of carbonyl (C=O) groups is 1. The molecule has 1 aliphatic rings. The molecule has 1 saturated heterocycles. The maximum atomic E-state index is 10.6. The van der Waals surface area contributed by atoms with Crippen molar-refractivity contribution in [2.75, 3.05) is 13.2 Å². The number of aliphatic hydroxyl groups is 1. The molecular weight excluding hydrogens is 148 g/mol. The van der Waals surface area contributed by atoms with Crippen LogP contribution in [0.5, 0.6) is 0 Å². The zero-order chi connectivity index (χ0) is 8.27. The highest BCUT2D eigenvalue weighted by Gasteiger charge is 2.25. The molecule has 0 aromatic carbocycles. The largest absolute Gasteiger partial charge is 0.370 e. The van der Waals surface area contributed by atoms with E-state index in [0.717, 1.165) is 0 Å². The molecule has 1 aliphatic heterocycles. The van der Waals surface area contributed by atoms with Crippen molar-refractivity contribution in [1.29, 1.82) is 0 Å². The third-order valence-electron chi connectivity index (χ3n) is 1.51. The molecule has 0 aliphatic carbocycles. The predicted octanol–water partition coefficient (Wildman–Crippen LogP) is -0.301. The number of ketones is 1. The first-order valence-electron chi connectivity index (χ1n) is 3.61. The van der Waals surface area contributed by atoms with Crippen molar-refractivity contribution >= 4 is 5.78 Å². The van der Waals surface area contributed by atoms with Crippen molar-refractivity contribution in [3.05, 3.63) is 0 Å². The lowest BCUT2D eigenvalue weighted by Gasteiger charge is -2.27. The standard InChI is InChI=1S/C7H12O4/c1-5(8)4-6-7(9)11-3-2-10-6/h6-7,9H,2-4H2,1H3/t6-,7+/m1/s1. The van der Waals surface area contributed by atoms with Crippen LogP contribution in [0.15, 0.2) is 0 Å². The fourth-order valence-corrected chi connectivity index (χ4v) is 1.00. The molecule has 0 radical (unpaired) electrons. The second-order valence-electron chi connectivity index (χ2n) is 2.58. The van der Waals surface area contributed by atoms with Crippen LogP contribution in [0.2, 0.25) is 0 Å². The highest BCUT2D eigenvalue weighted by atomic mass is 16.7. The van der Waals surface area contributed by atoms with Gasteiger partial charge in [-0.15, -0.1) is 0 Å². The summed E-state index contributed by atoms with van der Waals surface area (Å²) in [7, 11) is 0. The smallest absolute Gasteiger partial charge is 0.181 e. The van der Waals surface area contributed by atoms with Gasteiger partial charge in [-0.2, -0.15) is 0 Å². The van der Waals surface area contributed by atoms with Crippen LogP contribution in [0, 0.1) is 0 Å². The summed E-state index contributed by atoms with van der Waals surface area (Å²) in [5.41, 5.74) is 0. The minimum Gasteiger partial charge on any atom is -0.370 e. The van der Waals surface area contributed by atoms with E-state index in [0.29, 0.717) is 13.2 Å². The van der Waals surface area contributed by atoms with Crippen LogP contribution in [-0.4, -0.2) is 36.5 Å². The third kappa shape index (κ3) is 2.57. The average molecular weight is 160 g/mol. The first-order chi connectivity index (χ1) is 5.20. The number of rotatable bonds is 2. The average Bonchev–Trinajstić information content (AvgIpc) is 1.93. The number of Topliss-reactive ketones (excluding diaryl/α,β-unsaturated/α-hetero) is 1. The highest BCUT2D eigenvalue weighted by molar-refractivity contribution is 5.76. The Morgan fingerprint density at radius 1 is 1.55 bits per heavy atom. The number of aliphatic hydroxyl groups excluding tert-OH is 1. The SMILES string of the molecule is CC(=O)C[C@H]1OCCO[C@@H]1O. The molecule has 0 spiro atoms. The van der Waals surface area contributed by atoms with E-state index >= 15 is 0 Å². The van der Waals surface area contributed by atoms with Gasteiger partial charge < -0.3 is 14.6 Å². The second-order valence-corrected chi connectivity index (χ2v) is 2.58. The Balaban J connectivity index is 2.35. The highest BCUT2D eigenvalue weighted by Crippen LogP contribution is 2.11. The maximum absolute atomic E-state index is 10.6. The summed E-state index contributed by atoms with van der Waals surface area (Å²) in [4.78, 5) is 10.6. The number of hydrogen-bond donors (Lipinski definition) is 1. The molecule has 0 aromatic rings. The van der Waals surface area contributed by atoms with E-state index in [1.165, 1.54) is 6.92 Å². The topological polar surface area (TPSA) is 55.8 Å². The molecule has 0 saturated carbocycles. The van der Waals surface area contributed by atoms with E-state index in [1.54, 1.807) is 0 Å². The lowest BCUT2D eigenvalue weighted by atomic mass is 10.2. The van der Waals surface area contributed by atoms with E-state index < -0.39 is 12.4 Å². The van der Waals surface area contributed by atoms with Crippen molar-refractivity contribution in [2.24, 2.45) is 0 Å². The van der Waals surface area contributed by atoms with Gasteiger partial charge in [0.25, 0.3) is 0 Å². The molecule has 1 heterocycles. The molecular formula is C7H12O4. The van der Waals surface area contributed by atoms with Gasteiger partial charge >= 0.3 is 0 Å². The second kappa shape index (κ2) is 3.80. The Labute approximate surface area is 65.1 Å². The van der Waals surface area contributed by atoms with Crippen LogP contribution in [0.1, 0.15) is 13.3 Å². The molecule has 4 heteroatoms. The van der Waals surface area contributed by atoms with Gasteiger partial charge in [0.15, 0.2) is 6.29 Å². The van der Waals surface area contributed by atoms with Crippen LogP contribution >= 0.6 is 0 Å². The van der Waals surface area contributed by atoms with E-state index in [-0.39, 0.29) is 12.2 Å². The van der Waals surface area contributed by atoms with Crippen molar-refractivity contribution in [1.82, 2.24) is 0 Å². The Hall–Kier alpha value is -0.450.